The molecule has 0 radical (unpaired) electrons. The van der Waals surface area contributed by atoms with E-state index in [2.05, 4.69) is 16.0 Å². The van der Waals surface area contributed by atoms with E-state index >= 15 is 0 Å². The van der Waals surface area contributed by atoms with E-state index in [4.69, 9.17) is 11.6 Å². The zero-order valence-electron chi connectivity index (χ0n) is 18.9. The number of rotatable bonds is 6. The molecule has 0 saturated carbocycles. The van der Waals surface area contributed by atoms with Crippen LogP contribution in [0.5, 0.6) is 0 Å². The van der Waals surface area contributed by atoms with Crippen molar-refractivity contribution in [1.29, 1.82) is 0 Å². The second-order valence-electron chi connectivity index (χ2n) is 7.82. The fourth-order valence-corrected chi connectivity index (χ4v) is 3.51. The van der Waals surface area contributed by atoms with Crippen LogP contribution in [0.2, 0.25) is 5.02 Å². The van der Waals surface area contributed by atoms with Gasteiger partial charge < -0.3 is 16.0 Å². The van der Waals surface area contributed by atoms with E-state index in [1.54, 1.807) is 31.2 Å². The van der Waals surface area contributed by atoms with Gasteiger partial charge in [0.25, 0.3) is 0 Å². The molecule has 0 saturated heterocycles. The zero-order valence-corrected chi connectivity index (χ0v) is 19.7. The Hall–Kier alpha value is -3.78. The highest BCUT2D eigenvalue weighted by molar-refractivity contribution is 6.31. The minimum atomic E-state index is -4.64. The summed E-state index contributed by atoms with van der Waals surface area (Å²) in [7, 11) is 0. The van der Waals surface area contributed by atoms with Gasteiger partial charge in [-0.05, 0) is 60.9 Å². The van der Waals surface area contributed by atoms with E-state index in [1.807, 2.05) is 37.3 Å². The molecule has 0 heterocycles. The number of carbonyl (C=O) groups is 2. The number of carbonyl (C=O) groups excluding carboxylic acids is 2. The zero-order chi connectivity index (χ0) is 25.6. The minimum Gasteiger partial charge on any atom is -0.346 e. The van der Waals surface area contributed by atoms with Crippen molar-refractivity contribution in [1.82, 2.24) is 5.32 Å². The molecule has 9 heteroatoms. The lowest BCUT2D eigenvalue weighted by Crippen LogP contribution is -2.24. The lowest BCUT2D eigenvalue weighted by Gasteiger charge is -2.13. The Morgan fingerprint density at radius 2 is 1.51 bits per heavy atom. The van der Waals surface area contributed by atoms with Crippen molar-refractivity contribution in [2.75, 3.05) is 10.6 Å². The predicted molar refractivity (Wildman–Crippen MR) is 132 cm³/mol. The van der Waals surface area contributed by atoms with Gasteiger partial charge in [0, 0.05) is 17.5 Å². The Bertz CT molecular complexity index is 1230. The van der Waals surface area contributed by atoms with Crippen LogP contribution in [0.3, 0.4) is 0 Å². The molecular formula is C26H23ClF3N3O2. The third-order valence-corrected chi connectivity index (χ3v) is 5.46. The molecule has 3 amide bonds. The van der Waals surface area contributed by atoms with Crippen LogP contribution in [0.15, 0.2) is 78.9 Å². The molecule has 0 bridgehead atoms. The molecule has 1 atom stereocenters. The highest BCUT2D eigenvalue weighted by Gasteiger charge is 2.33. The van der Waals surface area contributed by atoms with Gasteiger partial charge in [0.05, 0.1) is 16.6 Å². The van der Waals surface area contributed by atoms with Crippen molar-refractivity contribution >= 4 is 40.5 Å². The molecule has 0 aliphatic rings. The van der Waals surface area contributed by atoms with Crippen LogP contribution in [0, 0.1) is 0 Å². The number of urea groups is 1. The van der Waals surface area contributed by atoms with Crippen molar-refractivity contribution in [2.24, 2.45) is 0 Å². The third kappa shape index (κ3) is 7.35. The van der Waals surface area contributed by atoms with Gasteiger partial charge in [-0.15, -0.1) is 0 Å². The molecule has 35 heavy (non-hydrogen) atoms. The molecule has 3 N–H and O–H groups in total. The number of nitrogens with one attached hydrogen (secondary N) is 3. The number of anilines is 2. The number of benzene rings is 3. The van der Waals surface area contributed by atoms with E-state index in [-0.39, 0.29) is 17.6 Å². The molecule has 3 rings (SSSR count). The van der Waals surface area contributed by atoms with Crippen molar-refractivity contribution in [3.05, 3.63) is 101 Å². The first kappa shape index (κ1) is 25.8. The van der Waals surface area contributed by atoms with Gasteiger partial charge in [-0.2, -0.15) is 13.2 Å². The van der Waals surface area contributed by atoms with Crippen molar-refractivity contribution in [3.63, 3.8) is 0 Å². The van der Waals surface area contributed by atoms with Gasteiger partial charge in [0.15, 0.2) is 0 Å². The fraction of sp³-hybridized carbons (Fsp3) is 0.154. The molecule has 0 fully saturated rings. The number of halogens is 4. The summed E-state index contributed by atoms with van der Waals surface area (Å²) < 4.78 is 39.0. The molecule has 1 unspecified atom stereocenters. The average Bonchev–Trinajstić information content (AvgIpc) is 2.80. The topological polar surface area (TPSA) is 70.2 Å². The third-order valence-electron chi connectivity index (χ3n) is 5.13. The second kappa shape index (κ2) is 11.1. The molecule has 182 valence electrons. The molecule has 5 nitrogen and oxygen atoms in total. The van der Waals surface area contributed by atoms with Crippen molar-refractivity contribution < 1.29 is 22.8 Å². The first-order valence-electron chi connectivity index (χ1n) is 10.6. The maximum Gasteiger partial charge on any atom is 0.417 e. The first-order chi connectivity index (χ1) is 16.5. The van der Waals surface area contributed by atoms with Gasteiger partial charge in [-0.3, -0.25) is 4.79 Å². The Labute approximate surface area is 206 Å². The van der Waals surface area contributed by atoms with Crippen LogP contribution in [0.4, 0.5) is 29.3 Å². The predicted octanol–water partition coefficient (Wildman–Crippen LogP) is 7.28. The van der Waals surface area contributed by atoms with E-state index < -0.39 is 22.8 Å². The van der Waals surface area contributed by atoms with E-state index in [0.29, 0.717) is 5.69 Å². The monoisotopic (exact) mass is 501 g/mol. The summed E-state index contributed by atoms with van der Waals surface area (Å²) in [5, 5.41) is 7.37. The lowest BCUT2D eigenvalue weighted by atomic mass is 10.1. The van der Waals surface area contributed by atoms with E-state index in [1.165, 1.54) is 12.1 Å². The van der Waals surface area contributed by atoms with Gasteiger partial charge >= 0.3 is 12.2 Å². The van der Waals surface area contributed by atoms with E-state index in [9.17, 15) is 22.8 Å². The Balaban J connectivity index is 1.59. The Morgan fingerprint density at radius 1 is 0.914 bits per heavy atom. The van der Waals surface area contributed by atoms with Gasteiger partial charge in [0.2, 0.25) is 5.91 Å². The molecule has 3 aromatic carbocycles. The highest BCUT2D eigenvalue weighted by atomic mass is 35.5. The standard InChI is InChI=1S/C26H23ClF3N3O2/c1-16(14-24(34)31-17(2)19-6-4-3-5-7-19)18-8-10-20(11-9-18)32-25(35)33-21-12-13-23(27)22(15-21)26(28,29)30/h3-15,17H,1-2H3,(H,31,34)(H2,32,33,35)/b16-14+. The molecule has 0 aromatic heterocycles. The molecule has 0 spiro atoms. The summed E-state index contributed by atoms with van der Waals surface area (Å²) in [5.41, 5.74) is 1.82. The molecule has 0 aliphatic heterocycles. The summed E-state index contributed by atoms with van der Waals surface area (Å²) in [6.07, 6.45) is -3.14. The SMILES string of the molecule is C/C(=C\C(=O)NC(C)c1ccccc1)c1ccc(NC(=O)Nc2ccc(Cl)c(C(F)(F)F)c2)cc1. The summed E-state index contributed by atoms with van der Waals surface area (Å²) in [6.45, 7) is 3.69. The minimum absolute atomic E-state index is 0.0506. The Kier molecular flexibility index (Phi) is 8.19. The quantitative estimate of drug-likeness (QED) is 0.310. The summed E-state index contributed by atoms with van der Waals surface area (Å²) in [5.74, 6) is -0.235. The van der Waals surface area contributed by atoms with Crippen LogP contribution in [-0.2, 0) is 11.0 Å². The second-order valence-corrected chi connectivity index (χ2v) is 8.22. The fourth-order valence-electron chi connectivity index (χ4n) is 3.29. The number of hydrogen-bond donors (Lipinski definition) is 3. The maximum absolute atomic E-state index is 13.0. The molecule has 0 aliphatic carbocycles. The smallest absolute Gasteiger partial charge is 0.346 e. The summed E-state index contributed by atoms with van der Waals surface area (Å²) >= 11 is 5.59. The van der Waals surface area contributed by atoms with Crippen molar-refractivity contribution in [3.8, 4) is 0 Å². The van der Waals surface area contributed by atoms with Crippen molar-refractivity contribution in [2.45, 2.75) is 26.1 Å². The van der Waals surface area contributed by atoms with Gasteiger partial charge in [0.1, 0.15) is 0 Å². The summed E-state index contributed by atoms with van der Waals surface area (Å²) in [6, 6.07) is 18.5. The number of alkyl halides is 3. The largest absolute Gasteiger partial charge is 0.417 e. The van der Waals surface area contributed by atoms with Gasteiger partial charge in [-0.1, -0.05) is 54.1 Å². The highest BCUT2D eigenvalue weighted by Crippen LogP contribution is 2.36. The molecular weight excluding hydrogens is 479 g/mol. The number of hydrogen-bond acceptors (Lipinski definition) is 2. The number of amides is 3. The van der Waals surface area contributed by atoms with Crippen LogP contribution < -0.4 is 16.0 Å². The molecule has 3 aromatic rings. The van der Waals surface area contributed by atoms with Crippen LogP contribution in [0.1, 0.15) is 36.6 Å². The Morgan fingerprint density at radius 3 is 2.14 bits per heavy atom. The normalized spacial score (nSPS) is 12.6. The summed E-state index contributed by atoms with van der Waals surface area (Å²) in [4.78, 5) is 24.6. The van der Waals surface area contributed by atoms with E-state index in [0.717, 1.165) is 28.8 Å². The maximum atomic E-state index is 13.0. The average molecular weight is 502 g/mol. The first-order valence-corrected chi connectivity index (χ1v) is 11.0. The van der Waals surface area contributed by atoms with Crippen LogP contribution >= 0.6 is 11.6 Å². The lowest BCUT2D eigenvalue weighted by molar-refractivity contribution is -0.137. The van der Waals surface area contributed by atoms with Crippen LogP contribution in [-0.4, -0.2) is 11.9 Å². The van der Waals surface area contributed by atoms with Crippen LogP contribution in [0.25, 0.3) is 5.57 Å². The van der Waals surface area contributed by atoms with Gasteiger partial charge in [-0.25, -0.2) is 4.79 Å². The number of allylic oxidation sites excluding steroid dienone is 1.